The van der Waals surface area contributed by atoms with Crippen molar-refractivity contribution < 1.29 is 0 Å². The van der Waals surface area contributed by atoms with E-state index in [0.717, 1.165) is 11.8 Å². The first-order valence-corrected chi connectivity index (χ1v) is 8.36. The molecule has 0 aromatic carbocycles. The van der Waals surface area contributed by atoms with Crippen LogP contribution in [0.25, 0.3) is 0 Å². The van der Waals surface area contributed by atoms with Crippen LogP contribution in [0.2, 0.25) is 0 Å². The molecule has 0 radical (unpaired) electrons. The monoisotopic (exact) mass is 248 g/mol. The van der Waals surface area contributed by atoms with Gasteiger partial charge in [-0.25, -0.2) is 0 Å². The molecule has 104 valence electrons. The molecule has 2 fully saturated rings. The Balaban J connectivity index is 1.78. The number of hydrogen-bond donors (Lipinski definition) is 0. The first-order chi connectivity index (χ1) is 8.68. The lowest BCUT2D eigenvalue weighted by Crippen LogP contribution is -2.24. The molecule has 0 aromatic heterocycles. The van der Waals surface area contributed by atoms with E-state index >= 15 is 0 Å². The van der Waals surface area contributed by atoms with Gasteiger partial charge in [0.15, 0.2) is 0 Å². The van der Waals surface area contributed by atoms with E-state index < -0.39 is 0 Å². The van der Waals surface area contributed by atoms with Crippen molar-refractivity contribution in [1.29, 1.82) is 0 Å². The van der Waals surface area contributed by atoms with Crippen LogP contribution in [0.4, 0.5) is 0 Å². The summed E-state index contributed by atoms with van der Waals surface area (Å²) in [7, 11) is 0. The smallest absolute Gasteiger partial charge is 0.0147 e. The van der Waals surface area contributed by atoms with Crippen molar-refractivity contribution in [3.63, 3.8) is 0 Å². The van der Waals surface area contributed by atoms with Crippen molar-refractivity contribution >= 4 is 0 Å². The van der Waals surface area contributed by atoms with E-state index in [1.165, 1.54) is 70.6 Å². The van der Waals surface area contributed by atoms with E-state index in [1.54, 1.807) is 0 Å². The van der Waals surface area contributed by atoms with E-state index in [4.69, 9.17) is 0 Å². The van der Waals surface area contributed by atoms with Gasteiger partial charge in [0.05, 0.1) is 0 Å². The third kappa shape index (κ3) is 4.14. The number of rotatable bonds is 4. The molecule has 2 saturated carbocycles. The lowest BCUT2D eigenvalue weighted by atomic mass is 9.71. The second kappa shape index (κ2) is 6.78. The fourth-order valence-corrected chi connectivity index (χ4v) is 3.97. The van der Waals surface area contributed by atoms with Gasteiger partial charge in [-0.05, 0) is 36.5 Å². The third-order valence-corrected chi connectivity index (χ3v) is 5.40. The van der Waals surface area contributed by atoms with Crippen LogP contribution >= 0.6 is 0 Å². The maximum Gasteiger partial charge on any atom is -0.0147 e. The van der Waals surface area contributed by atoms with Gasteiger partial charge in [0.2, 0.25) is 0 Å². The fraction of sp³-hybridized carbons (Fsp3) is 0.889. The zero-order chi connectivity index (χ0) is 12.8. The molecular formula is C18H32. The Morgan fingerprint density at radius 2 is 1.39 bits per heavy atom. The van der Waals surface area contributed by atoms with Crippen molar-refractivity contribution in [2.45, 2.75) is 84.5 Å². The lowest BCUT2D eigenvalue weighted by Gasteiger charge is -2.35. The van der Waals surface area contributed by atoms with Gasteiger partial charge in [0.1, 0.15) is 0 Å². The summed E-state index contributed by atoms with van der Waals surface area (Å²) in [5.74, 6) is 1.94. The van der Waals surface area contributed by atoms with Crippen molar-refractivity contribution in [2.24, 2.45) is 17.3 Å². The van der Waals surface area contributed by atoms with Gasteiger partial charge >= 0.3 is 0 Å². The molecule has 0 nitrogen and oxygen atoms in total. The molecule has 0 amide bonds. The molecule has 2 aliphatic carbocycles. The van der Waals surface area contributed by atoms with E-state index in [0.29, 0.717) is 5.41 Å². The summed E-state index contributed by atoms with van der Waals surface area (Å²) in [5, 5.41) is 0. The summed E-state index contributed by atoms with van der Waals surface area (Å²) in [4.78, 5) is 0. The maximum atomic E-state index is 2.55. The van der Waals surface area contributed by atoms with Crippen molar-refractivity contribution in [2.75, 3.05) is 0 Å². The fourth-order valence-electron chi connectivity index (χ4n) is 3.97. The van der Waals surface area contributed by atoms with Crippen LogP contribution in [0.3, 0.4) is 0 Å². The molecule has 0 spiro atoms. The molecular weight excluding hydrogens is 216 g/mol. The Kier molecular flexibility index (Phi) is 5.33. The highest BCUT2D eigenvalue weighted by Crippen LogP contribution is 2.39. The molecule has 0 bridgehead atoms. The highest BCUT2D eigenvalue weighted by atomic mass is 14.3. The predicted octanol–water partition coefficient (Wildman–Crippen LogP) is 6.12. The Bertz CT molecular complexity index is 249. The third-order valence-electron chi connectivity index (χ3n) is 5.40. The van der Waals surface area contributed by atoms with Gasteiger partial charge < -0.3 is 0 Å². The van der Waals surface area contributed by atoms with Crippen LogP contribution in [0, 0.1) is 17.3 Å². The summed E-state index contributed by atoms with van der Waals surface area (Å²) < 4.78 is 0. The highest BCUT2D eigenvalue weighted by molar-refractivity contribution is 4.99. The van der Waals surface area contributed by atoms with Crippen molar-refractivity contribution in [3.05, 3.63) is 12.2 Å². The second-order valence-corrected chi connectivity index (χ2v) is 7.30. The van der Waals surface area contributed by atoms with Crippen molar-refractivity contribution in [3.8, 4) is 0 Å². The topological polar surface area (TPSA) is 0 Å². The van der Waals surface area contributed by atoms with Gasteiger partial charge in [-0.1, -0.05) is 77.4 Å². The lowest BCUT2D eigenvalue weighted by molar-refractivity contribution is 0.209. The Labute approximate surface area is 114 Å². The van der Waals surface area contributed by atoms with E-state index in [1.807, 2.05) is 0 Å². The SMILES string of the molecule is CC(C)(C=CCC1CCCCC1)C1CCCCC1. The molecule has 18 heavy (non-hydrogen) atoms. The summed E-state index contributed by atoms with van der Waals surface area (Å²) in [6, 6.07) is 0. The summed E-state index contributed by atoms with van der Waals surface area (Å²) >= 11 is 0. The molecule has 0 unspecified atom stereocenters. The molecule has 2 rings (SSSR count). The summed E-state index contributed by atoms with van der Waals surface area (Å²) in [6.45, 7) is 4.92. The number of hydrogen-bond acceptors (Lipinski definition) is 0. The van der Waals surface area contributed by atoms with Crippen molar-refractivity contribution in [1.82, 2.24) is 0 Å². The predicted molar refractivity (Wildman–Crippen MR) is 80.7 cm³/mol. The molecule has 0 N–H and O–H groups in total. The van der Waals surface area contributed by atoms with E-state index in [9.17, 15) is 0 Å². The molecule has 0 aliphatic heterocycles. The van der Waals surface area contributed by atoms with Gasteiger partial charge in [-0.15, -0.1) is 0 Å². The standard InChI is InChI=1S/C18H32/c1-18(2,17-13-7-4-8-14-17)15-9-12-16-10-5-3-6-11-16/h9,15-17H,3-8,10-14H2,1-2H3. The quantitative estimate of drug-likeness (QED) is 0.526. The highest BCUT2D eigenvalue weighted by Gasteiger charge is 2.28. The normalized spacial score (nSPS) is 24.8. The number of allylic oxidation sites excluding steroid dienone is 2. The van der Waals surface area contributed by atoms with Crippen LogP contribution in [-0.2, 0) is 0 Å². The van der Waals surface area contributed by atoms with Crippen LogP contribution in [-0.4, -0.2) is 0 Å². The van der Waals surface area contributed by atoms with Gasteiger partial charge in [-0.2, -0.15) is 0 Å². The van der Waals surface area contributed by atoms with E-state index in [2.05, 4.69) is 26.0 Å². The van der Waals surface area contributed by atoms with Gasteiger partial charge in [0, 0.05) is 0 Å². The average molecular weight is 248 g/mol. The molecule has 0 aromatic rings. The molecule has 0 heteroatoms. The van der Waals surface area contributed by atoms with Crippen LogP contribution in [0.1, 0.15) is 84.5 Å². The summed E-state index contributed by atoms with van der Waals surface area (Å²) in [5.41, 5.74) is 0.440. The van der Waals surface area contributed by atoms with E-state index in [-0.39, 0.29) is 0 Å². The first-order valence-electron chi connectivity index (χ1n) is 8.36. The minimum Gasteiger partial charge on any atom is -0.0877 e. The second-order valence-electron chi connectivity index (χ2n) is 7.30. The minimum absolute atomic E-state index is 0.440. The summed E-state index contributed by atoms with van der Waals surface area (Å²) in [6.07, 6.45) is 21.1. The Morgan fingerprint density at radius 3 is 2.00 bits per heavy atom. The molecule has 0 heterocycles. The largest absolute Gasteiger partial charge is 0.0877 e. The van der Waals surface area contributed by atoms with Crippen LogP contribution in [0.5, 0.6) is 0 Å². The molecule has 0 saturated heterocycles. The van der Waals surface area contributed by atoms with Crippen LogP contribution in [0.15, 0.2) is 12.2 Å². The first kappa shape index (κ1) is 14.2. The zero-order valence-electron chi connectivity index (χ0n) is 12.6. The maximum absolute atomic E-state index is 2.55. The minimum atomic E-state index is 0.440. The average Bonchev–Trinajstić information content (AvgIpc) is 2.41. The Hall–Kier alpha value is -0.260. The van der Waals surface area contributed by atoms with Gasteiger partial charge in [-0.3, -0.25) is 0 Å². The van der Waals surface area contributed by atoms with Gasteiger partial charge in [0.25, 0.3) is 0 Å². The molecule has 2 aliphatic rings. The zero-order valence-corrected chi connectivity index (χ0v) is 12.6. The van der Waals surface area contributed by atoms with Crippen LogP contribution < -0.4 is 0 Å². The molecule has 0 atom stereocenters. The Morgan fingerprint density at radius 1 is 0.833 bits per heavy atom.